The predicted octanol–water partition coefficient (Wildman–Crippen LogP) is 2.96. The van der Waals surface area contributed by atoms with Crippen molar-refractivity contribution in [2.45, 2.75) is 63.3 Å². The number of carbonyl (C=O) groups is 3. The first-order valence-electron chi connectivity index (χ1n) is 12.0. The van der Waals surface area contributed by atoms with Crippen molar-refractivity contribution in [1.29, 1.82) is 0 Å². The maximum Gasteiger partial charge on any atom is 0.271 e. The summed E-state index contributed by atoms with van der Waals surface area (Å²) in [5, 5.41) is 14.7. The van der Waals surface area contributed by atoms with E-state index < -0.39 is 17.9 Å². The van der Waals surface area contributed by atoms with E-state index in [4.69, 9.17) is 5.73 Å². The lowest BCUT2D eigenvalue weighted by Gasteiger charge is -2.34. The second kappa shape index (κ2) is 11.0. The summed E-state index contributed by atoms with van der Waals surface area (Å²) in [6, 6.07) is 5.54. The van der Waals surface area contributed by atoms with Gasteiger partial charge in [-0.1, -0.05) is 31.4 Å². The van der Waals surface area contributed by atoms with Crippen molar-refractivity contribution in [2.24, 2.45) is 11.7 Å². The number of primary amides is 1. The van der Waals surface area contributed by atoms with Crippen LogP contribution in [-0.2, 0) is 16.0 Å². The van der Waals surface area contributed by atoms with Crippen molar-refractivity contribution in [2.75, 3.05) is 13.1 Å². The van der Waals surface area contributed by atoms with Gasteiger partial charge < -0.3 is 21.1 Å². The molecule has 3 amide bonds. The van der Waals surface area contributed by atoms with E-state index in [0.29, 0.717) is 5.91 Å². The number of aromatic nitrogens is 1. The van der Waals surface area contributed by atoms with Gasteiger partial charge in [-0.25, -0.2) is 4.98 Å². The van der Waals surface area contributed by atoms with Gasteiger partial charge in [0.25, 0.3) is 5.91 Å². The van der Waals surface area contributed by atoms with Crippen LogP contribution in [0.1, 0.15) is 71.9 Å². The highest BCUT2D eigenvalue weighted by atomic mass is 32.1. The fourth-order valence-electron chi connectivity index (χ4n) is 4.86. The zero-order chi connectivity index (χ0) is 24.1. The molecule has 1 aromatic carbocycles. The summed E-state index contributed by atoms with van der Waals surface area (Å²) in [5.74, 6) is -0.209. The minimum atomic E-state index is -0.878. The van der Waals surface area contributed by atoms with E-state index in [1.165, 1.54) is 29.9 Å². The number of nitrogens with one attached hydrogen (secondary N) is 1. The van der Waals surface area contributed by atoms with Crippen molar-refractivity contribution in [1.82, 2.24) is 15.2 Å². The molecular formula is C25H32N4O4S. The summed E-state index contributed by atoms with van der Waals surface area (Å²) < 4.78 is 0. The van der Waals surface area contributed by atoms with Gasteiger partial charge in [-0.2, -0.15) is 0 Å². The molecule has 1 saturated carbocycles. The van der Waals surface area contributed by atoms with Gasteiger partial charge in [0.2, 0.25) is 11.8 Å². The van der Waals surface area contributed by atoms with Gasteiger partial charge in [0, 0.05) is 36.7 Å². The highest BCUT2D eigenvalue weighted by Crippen LogP contribution is 2.32. The third-order valence-electron chi connectivity index (χ3n) is 6.89. The highest BCUT2D eigenvalue weighted by Gasteiger charge is 2.31. The molecule has 0 spiro atoms. The molecule has 1 saturated heterocycles. The molecule has 8 nitrogen and oxygen atoms in total. The lowest BCUT2D eigenvalue weighted by atomic mass is 9.87. The largest absolute Gasteiger partial charge is 0.508 e. The monoisotopic (exact) mass is 484 g/mol. The van der Waals surface area contributed by atoms with Crippen LogP contribution in [0.4, 0.5) is 0 Å². The molecule has 2 fully saturated rings. The molecule has 1 unspecified atom stereocenters. The van der Waals surface area contributed by atoms with Gasteiger partial charge >= 0.3 is 0 Å². The highest BCUT2D eigenvalue weighted by molar-refractivity contribution is 7.09. The molecule has 0 radical (unpaired) electrons. The van der Waals surface area contributed by atoms with Crippen LogP contribution in [-0.4, -0.2) is 51.8 Å². The minimum Gasteiger partial charge on any atom is -0.508 e. The number of piperidine rings is 1. The van der Waals surface area contributed by atoms with Crippen LogP contribution in [0.2, 0.25) is 0 Å². The van der Waals surface area contributed by atoms with E-state index >= 15 is 0 Å². The number of phenolic OH excluding ortho intramolecular Hbond substituents is 1. The van der Waals surface area contributed by atoms with Crippen molar-refractivity contribution >= 4 is 29.1 Å². The molecule has 2 aromatic rings. The van der Waals surface area contributed by atoms with Crippen LogP contribution in [0, 0.1) is 5.92 Å². The number of carbonyl (C=O) groups excluding carboxylic acids is 3. The van der Waals surface area contributed by atoms with E-state index in [0.717, 1.165) is 62.2 Å². The Hall–Kier alpha value is -2.94. The molecule has 4 N–H and O–H groups in total. The summed E-state index contributed by atoms with van der Waals surface area (Å²) in [7, 11) is 0. The molecule has 2 aliphatic rings. The third kappa shape index (κ3) is 5.94. The fourth-order valence-corrected chi connectivity index (χ4v) is 5.83. The number of nitrogens with zero attached hydrogens (tertiary/aromatic N) is 2. The van der Waals surface area contributed by atoms with E-state index in [1.54, 1.807) is 17.5 Å². The van der Waals surface area contributed by atoms with Gasteiger partial charge in [0.15, 0.2) is 0 Å². The molecule has 1 aromatic heterocycles. The van der Waals surface area contributed by atoms with Crippen molar-refractivity contribution in [3.8, 4) is 5.75 Å². The number of amides is 3. The van der Waals surface area contributed by atoms with E-state index in [9.17, 15) is 19.5 Å². The zero-order valence-corrected chi connectivity index (χ0v) is 20.1. The van der Waals surface area contributed by atoms with Crippen LogP contribution in [0.3, 0.4) is 0 Å². The van der Waals surface area contributed by atoms with Gasteiger partial charge in [0.1, 0.15) is 17.5 Å². The number of benzene rings is 1. The van der Waals surface area contributed by atoms with Crippen molar-refractivity contribution in [3.05, 3.63) is 45.9 Å². The molecule has 1 atom stereocenters. The number of rotatable bonds is 7. The SMILES string of the molecule is NC(=O)C(Cc1ccc(O)cc1)NC(=O)c1csc(C2CCN(C(=O)C3CCCCC3)CC2)n1. The number of hydrogen-bond donors (Lipinski definition) is 3. The number of phenols is 1. The number of aromatic hydroxyl groups is 1. The summed E-state index contributed by atoms with van der Waals surface area (Å²) in [5.41, 5.74) is 6.55. The predicted molar refractivity (Wildman–Crippen MR) is 130 cm³/mol. The van der Waals surface area contributed by atoms with E-state index in [1.807, 2.05) is 4.90 Å². The third-order valence-corrected chi connectivity index (χ3v) is 7.90. The van der Waals surface area contributed by atoms with Crippen LogP contribution in [0.5, 0.6) is 5.75 Å². The van der Waals surface area contributed by atoms with Crippen LogP contribution in [0.25, 0.3) is 0 Å². The number of likely N-dealkylation sites (tertiary alicyclic amines) is 1. The molecule has 1 aliphatic heterocycles. The van der Waals surface area contributed by atoms with Gasteiger partial charge in [-0.15, -0.1) is 11.3 Å². The zero-order valence-electron chi connectivity index (χ0n) is 19.2. The lowest BCUT2D eigenvalue weighted by Crippen LogP contribution is -2.46. The second-order valence-electron chi connectivity index (χ2n) is 9.30. The first-order chi connectivity index (χ1) is 16.4. The normalized spacial score (nSPS) is 18.4. The molecule has 182 valence electrons. The lowest BCUT2D eigenvalue weighted by molar-refractivity contribution is -0.137. The Kier molecular flexibility index (Phi) is 7.82. The smallest absolute Gasteiger partial charge is 0.271 e. The molecule has 0 bridgehead atoms. The Morgan fingerprint density at radius 3 is 2.41 bits per heavy atom. The fraction of sp³-hybridized carbons (Fsp3) is 0.520. The van der Waals surface area contributed by atoms with Gasteiger partial charge in [0.05, 0.1) is 5.01 Å². The standard InChI is InChI=1S/C25H32N4O4S/c26-22(31)20(14-16-6-8-19(30)9-7-16)27-23(32)21-15-34-24(28-21)17-10-12-29(13-11-17)25(33)18-4-2-1-3-5-18/h6-9,15,17-18,20,30H,1-5,10-14H2,(H2,26,31)(H,27,32). The Balaban J connectivity index is 1.31. The molecule has 2 heterocycles. The van der Waals surface area contributed by atoms with Crippen LogP contribution in [0.15, 0.2) is 29.6 Å². The molecule has 9 heteroatoms. The Bertz CT molecular complexity index is 1010. The van der Waals surface area contributed by atoms with Crippen LogP contribution < -0.4 is 11.1 Å². The first kappa shape index (κ1) is 24.2. The summed E-state index contributed by atoms with van der Waals surface area (Å²) in [6.45, 7) is 1.47. The van der Waals surface area contributed by atoms with E-state index in [-0.39, 0.29) is 29.7 Å². The maximum absolute atomic E-state index is 12.8. The van der Waals surface area contributed by atoms with Gasteiger partial charge in [-0.3, -0.25) is 14.4 Å². The topological polar surface area (TPSA) is 126 Å². The second-order valence-corrected chi connectivity index (χ2v) is 10.2. The number of hydrogen-bond acceptors (Lipinski definition) is 6. The minimum absolute atomic E-state index is 0.127. The molecule has 1 aliphatic carbocycles. The molecule has 4 rings (SSSR count). The average molecular weight is 485 g/mol. The Morgan fingerprint density at radius 1 is 1.09 bits per heavy atom. The Labute approximate surface area is 203 Å². The molecular weight excluding hydrogens is 452 g/mol. The van der Waals surface area contributed by atoms with Crippen LogP contribution >= 0.6 is 11.3 Å². The number of nitrogens with two attached hydrogens (primary N) is 1. The summed E-state index contributed by atoms with van der Waals surface area (Å²) in [4.78, 5) is 44.0. The maximum atomic E-state index is 12.8. The van der Waals surface area contributed by atoms with Crippen molar-refractivity contribution < 1.29 is 19.5 Å². The number of thiazole rings is 1. The summed E-state index contributed by atoms with van der Waals surface area (Å²) in [6.07, 6.45) is 7.50. The molecule has 34 heavy (non-hydrogen) atoms. The van der Waals surface area contributed by atoms with E-state index in [2.05, 4.69) is 10.3 Å². The van der Waals surface area contributed by atoms with Crippen molar-refractivity contribution in [3.63, 3.8) is 0 Å². The quantitative estimate of drug-likeness (QED) is 0.557. The first-order valence-corrected chi connectivity index (χ1v) is 12.9. The Morgan fingerprint density at radius 2 is 1.76 bits per heavy atom. The summed E-state index contributed by atoms with van der Waals surface area (Å²) >= 11 is 1.44. The van der Waals surface area contributed by atoms with Gasteiger partial charge in [-0.05, 0) is 43.4 Å². The average Bonchev–Trinajstić information content (AvgIpc) is 3.35.